The number of amides is 1. The summed E-state index contributed by atoms with van der Waals surface area (Å²) in [6.45, 7) is -3.03. The third kappa shape index (κ3) is 3.10. The Morgan fingerprint density at radius 1 is 1.50 bits per heavy atom. The van der Waals surface area contributed by atoms with E-state index in [0.29, 0.717) is 4.47 Å². The van der Waals surface area contributed by atoms with Gasteiger partial charge in [-0.15, -0.1) is 0 Å². The van der Waals surface area contributed by atoms with Gasteiger partial charge in [0.05, 0.1) is 0 Å². The first-order chi connectivity index (χ1) is 8.47. The van der Waals surface area contributed by atoms with Gasteiger partial charge in [-0.1, -0.05) is 15.9 Å². The van der Waals surface area contributed by atoms with Crippen molar-refractivity contribution in [3.05, 3.63) is 16.6 Å². The van der Waals surface area contributed by atoms with Gasteiger partial charge in [0.2, 0.25) is 5.91 Å². The average Bonchev–Trinajstić information content (AvgIpc) is 3.05. The molecule has 2 N–H and O–H groups in total. The summed E-state index contributed by atoms with van der Waals surface area (Å²) < 4.78 is 29.1. The molecule has 1 aliphatic rings. The number of phenolic OH excluding ortho intramolecular Hbond substituents is 1. The summed E-state index contributed by atoms with van der Waals surface area (Å²) in [6.07, 6.45) is 1.54. The number of alkyl halides is 2. The lowest BCUT2D eigenvalue weighted by atomic mass is 10.2. The number of rotatable bonds is 4. The number of hydrogen-bond acceptors (Lipinski definition) is 3. The molecule has 0 aliphatic heterocycles. The van der Waals surface area contributed by atoms with Gasteiger partial charge in [-0.3, -0.25) is 4.79 Å². The van der Waals surface area contributed by atoms with Gasteiger partial charge in [0.15, 0.2) is 5.75 Å². The van der Waals surface area contributed by atoms with Gasteiger partial charge in [0.1, 0.15) is 11.4 Å². The van der Waals surface area contributed by atoms with E-state index in [0.717, 1.165) is 12.8 Å². The molecule has 4 nitrogen and oxygen atoms in total. The van der Waals surface area contributed by atoms with Gasteiger partial charge in [0.25, 0.3) is 0 Å². The van der Waals surface area contributed by atoms with Gasteiger partial charge >= 0.3 is 6.61 Å². The summed E-state index contributed by atoms with van der Waals surface area (Å²) in [7, 11) is 0. The third-order valence-corrected chi connectivity index (χ3v) is 2.92. The highest BCUT2D eigenvalue weighted by Gasteiger charge is 2.31. The first kappa shape index (κ1) is 13.1. The predicted molar refractivity (Wildman–Crippen MR) is 63.8 cm³/mol. The van der Waals surface area contributed by atoms with E-state index in [9.17, 15) is 18.7 Å². The van der Waals surface area contributed by atoms with Crippen LogP contribution in [-0.2, 0) is 4.79 Å². The lowest BCUT2D eigenvalue weighted by Crippen LogP contribution is -2.15. The number of hydrogen-bond donors (Lipinski definition) is 2. The van der Waals surface area contributed by atoms with Crippen molar-refractivity contribution in [1.82, 2.24) is 0 Å². The van der Waals surface area contributed by atoms with Crippen LogP contribution in [0.5, 0.6) is 11.5 Å². The Morgan fingerprint density at radius 3 is 2.72 bits per heavy atom. The van der Waals surface area contributed by atoms with E-state index in [-0.39, 0.29) is 29.0 Å². The van der Waals surface area contributed by atoms with Crippen molar-refractivity contribution in [3.8, 4) is 11.5 Å². The molecule has 98 valence electrons. The van der Waals surface area contributed by atoms with Crippen LogP contribution in [0.3, 0.4) is 0 Å². The number of halogens is 3. The van der Waals surface area contributed by atoms with Crippen LogP contribution in [0.2, 0.25) is 0 Å². The molecule has 0 radical (unpaired) electrons. The highest BCUT2D eigenvalue weighted by molar-refractivity contribution is 9.10. The van der Waals surface area contributed by atoms with E-state index in [1.165, 1.54) is 12.1 Å². The Kier molecular flexibility index (Phi) is 3.70. The average molecular weight is 322 g/mol. The van der Waals surface area contributed by atoms with Gasteiger partial charge in [0, 0.05) is 10.4 Å². The van der Waals surface area contributed by atoms with Crippen LogP contribution in [0.1, 0.15) is 12.8 Å². The van der Waals surface area contributed by atoms with Crippen molar-refractivity contribution < 1.29 is 23.4 Å². The molecule has 18 heavy (non-hydrogen) atoms. The second kappa shape index (κ2) is 5.09. The molecule has 1 aliphatic carbocycles. The number of aromatic hydroxyl groups is 1. The van der Waals surface area contributed by atoms with E-state index in [1.54, 1.807) is 0 Å². The van der Waals surface area contributed by atoms with Gasteiger partial charge in [-0.05, 0) is 25.0 Å². The van der Waals surface area contributed by atoms with Crippen molar-refractivity contribution in [3.63, 3.8) is 0 Å². The monoisotopic (exact) mass is 321 g/mol. The summed E-state index contributed by atoms with van der Waals surface area (Å²) in [4.78, 5) is 11.6. The van der Waals surface area contributed by atoms with Crippen molar-refractivity contribution in [2.45, 2.75) is 19.5 Å². The Morgan fingerprint density at radius 2 is 2.17 bits per heavy atom. The third-order valence-electron chi connectivity index (χ3n) is 2.46. The summed E-state index contributed by atoms with van der Waals surface area (Å²) in [6, 6.07) is 2.55. The molecule has 0 heterocycles. The van der Waals surface area contributed by atoms with E-state index in [2.05, 4.69) is 26.0 Å². The van der Waals surface area contributed by atoms with E-state index in [4.69, 9.17) is 0 Å². The molecule has 7 heteroatoms. The van der Waals surface area contributed by atoms with Gasteiger partial charge < -0.3 is 15.2 Å². The summed E-state index contributed by atoms with van der Waals surface area (Å²) >= 11 is 3.05. The molecule has 2 rings (SSSR count). The second-order valence-corrected chi connectivity index (χ2v) is 4.86. The fraction of sp³-hybridized carbons (Fsp3) is 0.364. The summed E-state index contributed by atoms with van der Waals surface area (Å²) in [5.74, 6) is -1.00. The molecule has 1 aromatic rings. The fourth-order valence-corrected chi connectivity index (χ4v) is 1.88. The number of carbonyl (C=O) groups is 1. The number of anilines is 1. The predicted octanol–water partition coefficient (Wildman–Crippen LogP) is 3.10. The van der Waals surface area contributed by atoms with Gasteiger partial charge in [-0.25, -0.2) is 0 Å². The first-order valence-electron chi connectivity index (χ1n) is 5.25. The largest absolute Gasteiger partial charge is 0.506 e. The lowest BCUT2D eigenvalue weighted by Gasteiger charge is -2.13. The number of benzene rings is 1. The zero-order valence-electron chi connectivity index (χ0n) is 9.12. The minimum Gasteiger partial charge on any atom is -0.506 e. The van der Waals surface area contributed by atoms with Crippen LogP contribution < -0.4 is 10.1 Å². The number of phenols is 1. The Bertz CT molecular complexity index is 478. The molecular formula is C11H10BrF2NO3. The maximum atomic E-state index is 12.2. The van der Waals surface area contributed by atoms with Crippen LogP contribution >= 0.6 is 15.9 Å². The van der Waals surface area contributed by atoms with Crippen LogP contribution in [0.15, 0.2) is 16.6 Å². The molecule has 1 fully saturated rings. The maximum absolute atomic E-state index is 12.2. The zero-order valence-corrected chi connectivity index (χ0v) is 10.7. The quantitative estimate of drug-likeness (QED) is 0.838. The fourth-order valence-electron chi connectivity index (χ4n) is 1.45. The molecule has 0 saturated heterocycles. The Balaban J connectivity index is 2.27. The van der Waals surface area contributed by atoms with E-state index < -0.39 is 6.61 Å². The van der Waals surface area contributed by atoms with Crippen molar-refractivity contribution in [2.24, 2.45) is 5.92 Å². The molecule has 1 amide bonds. The number of ether oxygens (including phenoxy) is 1. The molecular weight excluding hydrogens is 312 g/mol. The van der Waals surface area contributed by atoms with Gasteiger partial charge in [-0.2, -0.15) is 8.78 Å². The lowest BCUT2D eigenvalue weighted by molar-refractivity contribution is -0.117. The van der Waals surface area contributed by atoms with Crippen LogP contribution in [0.4, 0.5) is 14.5 Å². The summed E-state index contributed by atoms with van der Waals surface area (Å²) in [5, 5.41) is 12.1. The Labute approximate surface area is 110 Å². The molecule has 0 unspecified atom stereocenters. The SMILES string of the molecule is O=C(Nc1c(O)cc(Br)cc1OC(F)F)C1CC1. The highest BCUT2D eigenvalue weighted by atomic mass is 79.9. The molecule has 1 saturated carbocycles. The van der Waals surface area contributed by atoms with Crippen LogP contribution in [0, 0.1) is 5.92 Å². The maximum Gasteiger partial charge on any atom is 0.387 e. The molecule has 1 aromatic carbocycles. The highest BCUT2D eigenvalue weighted by Crippen LogP contribution is 2.39. The van der Waals surface area contributed by atoms with E-state index >= 15 is 0 Å². The van der Waals surface area contributed by atoms with Crippen LogP contribution in [0.25, 0.3) is 0 Å². The van der Waals surface area contributed by atoms with Crippen molar-refractivity contribution in [1.29, 1.82) is 0 Å². The normalized spacial score (nSPS) is 14.7. The first-order valence-corrected chi connectivity index (χ1v) is 6.05. The molecule has 0 aromatic heterocycles. The van der Waals surface area contributed by atoms with Crippen LogP contribution in [-0.4, -0.2) is 17.6 Å². The molecule has 0 bridgehead atoms. The molecule has 0 atom stereocenters. The zero-order chi connectivity index (χ0) is 13.3. The van der Waals surface area contributed by atoms with E-state index in [1.807, 2.05) is 0 Å². The Hall–Kier alpha value is -1.37. The van der Waals surface area contributed by atoms with Crippen molar-refractivity contribution >= 4 is 27.5 Å². The van der Waals surface area contributed by atoms with Crippen molar-refractivity contribution in [2.75, 3.05) is 5.32 Å². The smallest absolute Gasteiger partial charge is 0.387 e. The second-order valence-electron chi connectivity index (χ2n) is 3.94. The number of carbonyl (C=O) groups excluding carboxylic acids is 1. The minimum absolute atomic E-state index is 0.104. The molecule has 0 spiro atoms. The topological polar surface area (TPSA) is 58.6 Å². The standard InChI is InChI=1S/C11H10BrF2NO3/c12-6-3-7(16)9(8(4-6)18-11(13)14)15-10(17)5-1-2-5/h3-5,11,16H,1-2H2,(H,15,17). The number of nitrogens with one attached hydrogen (secondary N) is 1. The minimum atomic E-state index is -3.03. The summed E-state index contributed by atoms with van der Waals surface area (Å²) in [5.41, 5.74) is -0.129.